The molecule has 0 aliphatic carbocycles. The van der Waals surface area contributed by atoms with Gasteiger partial charge in [0.1, 0.15) is 0 Å². The Morgan fingerprint density at radius 1 is 1.56 bits per heavy atom. The van der Waals surface area contributed by atoms with Crippen molar-refractivity contribution in [2.75, 3.05) is 0 Å². The summed E-state index contributed by atoms with van der Waals surface area (Å²) in [6, 6.07) is 0. The number of rotatable bonds is 3. The molecule has 0 bridgehead atoms. The minimum atomic E-state index is 0.897. The van der Waals surface area contributed by atoms with E-state index in [1.807, 2.05) is 37.3 Å². The van der Waals surface area contributed by atoms with Crippen LogP contribution in [0.1, 0.15) is 13.3 Å². The molecule has 0 nitrogen and oxygen atoms in total. The average molecular weight is 120 g/mol. The van der Waals surface area contributed by atoms with Crippen LogP contribution in [0.25, 0.3) is 0 Å². The highest BCUT2D eigenvalue weighted by Gasteiger charge is 1.59. The van der Waals surface area contributed by atoms with Crippen LogP contribution in [0, 0.1) is 0 Å². The van der Waals surface area contributed by atoms with Crippen molar-refractivity contribution in [1.82, 2.24) is 0 Å². The fourth-order valence-electron chi connectivity index (χ4n) is 0.371. The van der Waals surface area contributed by atoms with E-state index in [0.29, 0.717) is 0 Å². The molecule has 48 valence electrons. The van der Waals surface area contributed by atoms with E-state index in [2.05, 4.69) is 12.3 Å². The molecule has 0 radical (unpaired) electrons. The minimum absolute atomic E-state index is 0.897. The fraction of sp³-hybridized carbons (Fsp3) is 0.222. The molecule has 0 aliphatic heterocycles. The molecule has 0 aliphatic rings. The van der Waals surface area contributed by atoms with Gasteiger partial charge in [0.25, 0.3) is 0 Å². The minimum Gasteiger partial charge on any atom is -0.125 e. The van der Waals surface area contributed by atoms with Gasteiger partial charge in [0.15, 0.2) is 0 Å². The van der Waals surface area contributed by atoms with Crippen LogP contribution >= 0.6 is 0 Å². The molecule has 0 unspecified atom stereocenters. The maximum absolute atomic E-state index is 3.58. The summed E-state index contributed by atoms with van der Waals surface area (Å²) in [5.41, 5.74) is 2.98. The Kier molecular flexibility index (Phi) is 6.22. The second-order valence-corrected chi connectivity index (χ2v) is 1.59. The third kappa shape index (κ3) is 7.00. The zero-order valence-corrected chi connectivity index (χ0v) is 5.80. The Labute approximate surface area is 56.9 Å². The second-order valence-electron chi connectivity index (χ2n) is 1.59. The summed E-state index contributed by atoms with van der Waals surface area (Å²) in [5, 5.41) is 0. The van der Waals surface area contributed by atoms with Gasteiger partial charge in [0.2, 0.25) is 0 Å². The van der Waals surface area contributed by atoms with Crippen molar-refractivity contribution in [2.45, 2.75) is 13.3 Å². The van der Waals surface area contributed by atoms with E-state index < -0.39 is 0 Å². The highest BCUT2D eigenvalue weighted by Crippen LogP contribution is 1.79. The van der Waals surface area contributed by atoms with Gasteiger partial charge in [-0.3, -0.25) is 0 Å². The summed E-state index contributed by atoms with van der Waals surface area (Å²) in [4.78, 5) is 0. The lowest BCUT2D eigenvalue weighted by Gasteiger charge is -1.69. The van der Waals surface area contributed by atoms with Crippen LogP contribution < -0.4 is 0 Å². The van der Waals surface area contributed by atoms with E-state index in [1.165, 1.54) is 0 Å². The number of allylic oxidation sites excluding steroid dienone is 4. The van der Waals surface area contributed by atoms with Gasteiger partial charge in [-0.15, -0.1) is 12.3 Å². The SMILES string of the molecule is C=CCC=C=C/C=C/C. The Balaban J connectivity index is 3.53. The van der Waals surface area contributed by atoms with Gasteiger partial charge in [-0.2, -0.15) is 0 Å². The lowest BCUT2D eigenvalue weighted by atomic mass is 10.4. The summed E-state index contributed by atoms with van der Waals surface area (Å²) >= 11 is 0. The Morgan fingerprint density at radius 2 is 2.33 bits per heavy atom. The predicted octanol–water partition coefficient (Wildman–Crippen LogP) is 2.85. The van der Waals surface area contributed by atoms with Crippen molar-refractivity contribution >= 4 is 0 Å². The van der Waals surface area contributed by atoms with Crippen molar-refractivity contribution < 1.29 is 0 Å². The lowest BCUT2D eigenvalue weighted by Crippen LogP contribution is -1.48. The van der Waals surface area contributed by atoms with Gasteiger partial charge in [-0.1, -0.05) is 18.2 Å². The van der Waals surface area contributed by atoms with E-state index in [9.17, 15) is 0 Å². The molecule has 0 aromatic heterocycles. The molecule has 0 heteroatoms. The van der Waals surface area contributed by atoms with E-state index in [4.69, 9.17) is 0 Å². The normalized spacial score (nSPS) is 8.56. The van der Waals surface area contributed by atoms with Crippen LogP contribution in [-0.2, 0) is 0 Å². The number of hydrogen-bond donors (Lipinski definition) is 0. The van der Waals surface area contributed by atoms with Crippen LogP contribution in [0.5, 0.6) is 0 Å². The van der Waals surface area contributed by atoms with Crippen LogP contribution in [0.4, 0.5) is 0 Å². The van der Waals surface area contributed by atoms with Crippen LogP contribution in [0.15, 0.2) is 42.7 Å². The van der Waals surface area contributed by atoms with Gasteiger partial charge in [-0.05, 0) is 25.5 Å². The van der Waals surface area contributed by atoms with Gasteiger partial charge in [-0.25, -0.2) is 0 Å². The van der Waals surface area contributed by atoms with Crippen molar-refractivity contribution in [3.8, 4) is 0 Å². The molecule has 0 spiro atoms. The largest absolute Gasteiger partial charge is 0.125 e. The molecule has 0 atom stereocenters. The number of hydrogen-bond acceptors (Lipinski definition) is 0. The molecule has 9 heavy (non-hydrogen) atoms. The van der Waals surface area contributed by atoms with E-state index in [0.717, 1.165) is 6.42 Å². The van der Waals surface area contributed by atoms with Gasteiger partial charge in [0.05, 0.1) is 0 Å². The molecular formula is C9H12. The van der Waals surface area contributed by atoms with Gasteiger partial charge >= 0.3 is 0 Å². The first-order valence-corrected chi connectivity index (χ1v) is 3.05. The molecule has 0 fully saturated rings. The first-order chi connectivity index (χ1) is 4.41. The van der Waals surface area contributed by atoms with Crippen LogP contribution in [0.2, 0.25) is 0 Å². The summed E-state index contributed by atoms with van der Waals surface area (Å²) < 4.78 is 0. The van der Waals surface area contributed by atoms with E-state index in [-0.39, 0.29) is 0 Å². The molecule has 0 N–H and O–H groups in total. The third-order valence-corrected chi connectivity index (χ3v) is 0.787. The first kappa shape index (κ1) is 8.00. The highest BCUT2D eigenvalue weighted by molar-refractivity contribution is 5.01. The zero-order valence-electron chi connectivity index (χ0n) is 5.80. The molecule has 0 amide bonds. The first-order valence-electron chi connectivity index (χ1n) is 3.05. The average Bonchev–Trinajstić information content (AvgIpc) is 1.89. The van der Waals surface area contributed by atoms with Crippen molar-refractivity contribution in [3.05, 3.63) is 42.7 Å². The molecule has 0 aromatic rings. The molecule has 0 saturated heterocycles. The van der Waals surface area contributed by atoms with E-state index >= 15 is 0 Å². The van der Waals surface area contributed by atoms with Crippen molar-refractivity contribution in [1.29, 1.82) is 0 Å². The van der Waals surface area contributed by atoms with Gasteiger partial charge in [0, 0.05) is 0 Å². The highest BCUT2D eigenvalue weighted by atomic mass is 13.7. The fourth-order valence-corrected chi connectivity index (χ4v) is 0.371. The Bertz CT molecular complexity index is 143. The lowest BCUT2D eigenvalue weighted by molar-refractivity contribution is 1.42. The third-order valence-electron chi connectivity index (χ3n) is 0.787. The maximum atomic E-state index is 3.58. The van der Waals surface area contributed by atoms with Crippen molar-refractivity contribution in [3.63, 3.8) is 0 Å². The Morgan fingerprint density at radius 3 is 2.89 bits per heavy atom. The maximum Gasteiger partial charge on any atom is -0.00956 e. The molecule has 0 heterocycles. The van der Waals surface area contributed by atoms with Crippen molar-refractivity contribution in [2.24, 2.45) is 0 Å². The summed E-state index contributed by atoms with van der Waals surface area (Å²) in [5.74, 6) is 0. The van der Waals surface area contributed by atoms with Crippen LogP contribution in [-0.4, -0.2) is 0 Å². The summed E-state index contributed by atoms with van der Waals surface area (Å²) in [6.45, 7) is 5.55. The molecule has 0 rings (SSSR count). The molecule has 0 aromatic carbocycles. The standard InChI is InChI=1S/C9H12/c1-3-5-7-9-8-6-4-2/h3-4,6-8H,1,5H2,2H3/b6-4+. The van der Waals surface area contributed by atoms with E-state index in [1.54, 1.807) is 0 Å². The summed E-state index contributed by atoms with van der Waals surface area (Å²) in [7, 11) is 0. The van der Waals surface area contributed by atoms with Gasteiger partial charge < -0.3 is 0 Å². The quantitative estimate of drug-likeness (QED) is 0.305. The topological polar surface area (TPSA) is 0 Å². The monoisotopic (exact) mass is 120 g/mol. The predicted molar refractivity (Wildman–Crippen MR) is 42.3 cm³/mol. The second kappa shape index (κ2) is 7.00. The molecule has 0 saturated carbocycles. The Hall–Kier alpha value is -1.00. The van der Waals surface area contributed by atoms with Crippen LogP contribution in [0.3, 0.4) is 0 Å². The zero-order chi connectivity index (χ0) is 6.95. The molecular weight excluding hydrogens is 108 g/mol. The smallest absolute Gasteiger partial charge is 0.00956 e. The summed E-state index contributed by atoms with van der Waals surface area (Å²) in [6.07, 6.45) is 10.5.